The van der Waals surface area contributed by atoms with Crippen LogP contribution in [0, 0.1) is 0 Å². The van der Waals surface area contributed by atoms with Crippen molar-refractivity contribution in [2.24, 2.45) is 0 Å². The van der Waals surface area contributed by atoms with Gasteiger partial charge in [0, 0.05) is 19.3 Å². The van der Waals surface area contributed by atoms with Crippen LogP contribution in [0.4, 0.5) is 0 Å². The standard InChI is InChI=1S/C73H128O6/c1-4-7-10-13-16-19-21-23-25-27-29-30-31-32-33-34-35-36-37-38-39-40-41-42-43-44-45-47-48-50-52-54-57-60-63-66-72(75)78-69-70(68-77-71(74)65-62-59-56-18-15-12-9-6-3)79-73(76)67-64-61-58-55-53-51-49-46-28-26-24-22-20-17-14-11-8-5-2/h7,10,16,19,23,25,29-30,32-33,35-36,38-39,70H,4-6,8-9,11-15,17-18,20-22,24,26-28,31,34,37,40-69H2,1-3H3/b10-7-,19-16-,25-23-,30-29-,33-32-,36-35-,39-38-. The Hall–Kier alpha value is -3.41. The van der Waals surface area contributed by atoms with Crippen LogP contribution in [0.15, 0.2) is 85.1 Å². The Labute approximate surface area is 490 Å². The van der Waals surface area contributed by atoms with Crippen LogP contribution in [0.5, 0.6) is 0 Å². The fraction of sp³-hybridized carbons (Fsp3) is 0.767. The number of rotatable bonds is 62. The molecule has 0 saturated heterocycles. The monoisotopic (exact) mass is 1100 g/mol. The van der Waals surface area contributed by atoms with Crippen LogP contribution in [0.2, 0.25) is 0 Å². The van der Waals surface area contributed by atoms with Gasteiger partial charge in [0.05, 0.1) is 0 Å². The molecule has 0 bridgehead atoms. The van der Waals surface area contributed by atoms with E-state index in [1.807, 2.05) is 0 Å². The van der Waals surface area contributed by atoms with Gasteiger partial charge in [0.15, 0.2) is 6.10 Å². The summed E-state index contributed by atoms with van der Waals surface area (Å²) < 4.78 is 16.9. The van der Waals surface area contributed by atoms with Crippen molar-refractivity contribution in [2.45, 2.75) is 348 Å². The first kappa shape index (κ1) is 75.6. The molecule has 0 saturated carbocycles. The smallest absolute Gasteiger partial charge is 0.306 e. The summed E-state index contributed by atoms with van der Waals surface area (Å²) in [6.45, 7) is 6.54. The molecule has 0 aromatic heterocycles. The molecule has 0 N–H and O–H groups in total. The molecule has 0 spiro atoms. The fourth-order valence-electron chi connectivity index (χ4n) is 9.84. The third-order valence-electron chi connectivity index (χ3n) is 14.9. The predicted octanol–water partition coefficient (Wildman–Crippen LogP) is 23.4. The molecule has 79 heavy (non-hydrogen) atoms. The third kappa shape index (κ3) is 65.3. The van der Waals surface area contributed by atoms with Gasteiger partial charge in [0.2, 0.25) is 0 Å². The molecule has 0 rings (SSSR count). The van der Waals surface area contributed by atoms with Crippen LogP contribution in [0.1, 0.15) is 342 Å². The molecule has 1 unspecified atom stereocenters. The molecule has 456 valence electrons. The zero-order chi connectivity index (χ0) is 57.1. The Morgan fingerprint density at radius 2 is 0.494 bits per heavy atom. The molecule has 0 heterocycles. The second-order valence-electron chi connectivity index (χ2n) is 22.7. The molecule has 0 aromatic rings. The van der Waals surface area contributed by atoms with Gasteiger partial charge in [-0.2, -0.15) is 0 Å². The van der Waals surface area contributed by atoms with E-state index in [0.29, 0.717) is 19.3 Å². The highest BCUT2D eigenvalue weighted by Gasteiger charge is 2.19. The number of esters is 3. The van der Waals surface area contributed by atoms with E-state index in [0.717, 1.165) is 103 Å². The second-order valence-corrected chi connectivity index (χ2v) is 22.7. The summed E-state index contributed by atoms with van der Waals surface area (Å²) in [6, 6.07) is 0. The zero-order valence-corrected chi connectivity index (χ0v) is 52.4. The van der Waals surface area contributed by atoms with Crippen molar-refractivity contribution in [1.82, 2.24) is 0 Å². The maximum absolute atomic E-state index is 12.9. The average molecular weight is 1100 g/mol. The Kier molecular flexibility index (Phi) is 64.2. The van der Waals surface area contributed by atoms with E-state index >= 15 is 0 Å². The SMILES string of the molecule is CC/C=C\C/C=C\C/C=C\C/C=C\C/C=C\C/C=C\C/C=C\CCCCCCCCCCCCCCCC(=O)OCC(COC(=O)CCCCCCCCCC)OC(=O)CCCCCCCCCCCCCCCCCCCC. The summed E-state index contributed by atoms with van der Waals surface area (Å²) >= 11 is 0. The molecular formula is C73H128O6. The average Bonchev–Trinajstić information content (AvgIpc) is 3.45. The Balaban J connectivity index is 4.06. The highest BCUT2D eigenvalue weighted by molar-refractivity contribution is 5.71. The molecule has 0 fully saturated rings. The van der Waals surface area contributed by atoms with Crippen molar-refractivity contribution in [3.63, 3.8) is 0 Å². The van der Waals surface area contributed by atoms with Gasteiger partial charge >= 0.3 is 17.9 Å². The van der Waals surface area contributed by atoms with E-state index in [9.17, 15) is 14.4 Å². The molecule has 0 amide bonds. The molecule has 0 aliphatic carbocycles. The lowest BCUT2D eigenvalue weighted by atomic mass is 10.0. The van der Waals surface area contributed by atoms with Crippen molar-refractivity contribution >= 4 is 17.9 Å². The van der Waals surface area contributed by atoms with E-state index in [4.69, 9.17) is 14.2 Å². The van der Waals surface area contributed by atoms with Crippen molar-refractivity contribution in [2.75, 3.05) is 13.2 Å². The van der Waals surface area contributed by atoms with Gasteiger partial charge in [-0.05, 0) is 77.0 Å². The van der Waals surface area contributed by atoms with Gasteiger partial charge in [-0.3, -0.25) is 14.4 Å². The number of ether oxygens (including phenoxy) is 3. The lowest BCUT2D eigenvalue weighted by Crippen LogP contribution is -2.30. The van der Waals surface area contributed by atoms with Crippen LogP contribution >= 0.6 is 0 Å². The van der Waals surface area contributed by atoms with Crippen molar-refractivity contribution < 1.29 is 28.6 Å². The normalized spacial score (nSPS) is 12.6. The maximum Gasteiger partial charge on any atom is 0.306 e. The van der Waals surface area contributed by atoms with E-state index in [1.165, 1.54) is 199 Å². The van der Waals surface area contributed by atoms with Gasteiger partial charge in [0.25, 0.3) is 0 Å². The summed E-state index contributed by atoms with van der Waals surface area (Å²) in [5.41, 5.74) is 0. The van der Waals surface area contributed by atoms with E-state index < -0.39 is 6.10 Å². The lowest BCUT2D eigenvalue weighted by molar-refractivity contribution is -0.167. The Morgan fingerprint density at radius 3 is 0.772 bits per heavy atom. The fourth-order valence-corrected chi connectivity index (χ4v) is 9.84. The highest BCUT2D eigenvalue weighted by atomic mass is 16.6. The van der Waals surface area contributed by atoms with Crippen molar-refractivity contribution in [3.05, 3.63) is 85.1 Å². The zero-order valence-electron chi connectivity index (χ0n) is 52.4. The minimum atomic E-state index is -0.771. The molecule has 1 atom stereocenters. The first-order chi connectivity index (χ1) is 39.0. The maximum atomic E-state index is 12.9. The number of carbonyl (C=O) groups excluding carboxylic acids is 3. The quantitative estimate of drug-likeness (QED) is 0.0261. The number of hydrogen-bond donors (Lipinski definition) is 0. The first-order valence-corrected chi connectivity index (χ1v) is 34.1. The van der Waals surface area contributed by atoms with Crippen molar-refractivity contribution in [3.8, 4) is 0 Å². The molecule has 0 aromatic carbocycles. The summed E-state index contributed by atoms with van der Waals surface area (Å²) in [4.78, 5) is 38.2. The predicted molar refractivity (Wildman–Crippen MR) is 344 cm³/mol. The van der Waals surface area contributed by atoms with Gasteiger partial charge in [-0.25, -0.2) is 0 Å². The van der Waals surface area contributed by atoms with E-state index in [2.05, 4.69) is 106 Å². The van der Waals surface area contributed by atoms with Gasteiger partial charge < -0.3 is 14.2 Å². The van der Waals surface area contributed by atoms with Gasteiger partial charge in [0.1, 0.15) is 13.2 Å². The molecule has 6 nitrogen and oxygen atoms in total. The van der Waals surface area contributed by atoms with Crippen LogP contribution < -0.4 is 0 Å². The Morgan fingerprint density at radius 1 is 0.266 bits per heavy atom. The lowest BCUT2D eigenvalue weighted by Gasteiger charge is -2.18. The number of hydrogen-bond acceptors (Lipinski definition) is 6. The van der Waals surface area contributed by atoms with E-state index in [1.54, 1.807) is 0 Å². The van der Waals surface area contributed by atoms with Gasteiger partial charge in [-0.1, -0.05) is 331 Å². The number of carbonyl (C=O) groups is 3. The first-order valence-electron chi connectivity index (χ1n) is 34.1. The molecule has 0 aliphatic heterocycles. The second kappa shape index (κ2) is 67.1. The van der Waals surface area contributed by atoms with Crippen molar-refractivity contribution in [1.29, 1.82) is 0 Å². The van der Waals surface area contributed by atoms with Crippen LogP contribution in [-0.4, -0.2) is 37.2 Å². The molecule has 6 heteroatoms. The number of allylic oxidation sites excluding steroid dienone is 14. The largest absolute Gasteiger partial charge is 0.462 e. The van der Waals surface area contributed by atoms with Gasteiger partial charge in [-0.15, -0.1) is 0 Å². The highest BCUT2D eigenvalue weighted by Crippen LogP contribution is 2.17. The number of unbranched alkanes of at least 4 members (excludes halogenated alkanes) is 37. The molecule has 0 radical (unpaired) electrons. The summed E-state index contributed by atoms with van der Waals surface area (Å²) in [5, 5.41) is 0. The summed E-state index contributed by atoms with van der Waals surface area (Å²) in [7, 11) is 0. The van der Waals surface area contributed by atoms with Crippen LogP contribution in [0.3, 0.4) is 0 Å². The third-order valence-corrected chi connectivity index (χ3v) is 14.9. The Bertz CT molecular complexity index is 1500. The molecule has 0 aliphatic rings. The minimum Gasteiger partial charge on any atom is -0.462 e. The minimum absolute atomic E-state index is 0.0703. The van der Waals surface area contributed by atoms with E-state index in [-0.39, 0.29) is 31.1 Å². The summed E-state index contributed by atoms with van der Waals surface area (Å²) in [6.07, 6.45) is 89.1. The van der Waals surface area contributed by atoms with Crippen LogP contribution in [-0.2, 0) is 28.6 Å². The topological polar surface area (TPSA) is 78.9 Å². The van der Waals surface area contributed by atoms with Crippen LogP contribution in [0.25, 0.3) is 0 Å². The molecular weight excluding hydrogens is 973 g/mol. The summed E-state index contributed by atoms with van der Waals surface area (Å²) in [5.74, 6) is -0.858.